The Kier molecular flexibility index (Phi) is 7.91. The lowest BCUT2D eigenvalue weighted by Gasteiger charge is -2.13. The number of hydrogen-bond donors (Lipinski definition) is 2. The highest BCUT2D eigenvalue weighted by Crippen LogP contribution is 2.16. The zero-order chi connectivity index (χ0) is 18.9. The summed E-state index contributed by atoms with van der Waals surface area (Å²) in [7, 11) is 1.79. The summed E-state index contributed by atoms with van der Waals surface area (Å²) in [4.78, 5) is 10.1. The summed E-state index contributed by atoms with van der Waals surface area (Å²) < 4.78 is 5.79. The molecule has 0 unspecified atom stereocenters. The highest BCUT2D eigenvalue weighted by molar-refractivity contribution is 7.11. The van der Waals surface area contributed by atoms with Gasteiger partial charge in [0.15, 0.2) is 5.96 Å². The Labute approximate surface area is 160 Å². The van der Waals surface area contributed by atoms with Gasteiger partial charge in [0.25, 0.3) is 0 Å². The Hall–Kier alpha value is -2.08. The zero-order valence-corrected chi connectivity index (χ0v) is 17.2. The molecule has 2 aromatic rings. The van der Waals surface area contributed by atoms with Crippen molar-refractivity contribution in [3.8, 4) is 5.75 Å². The van der Waals surface area contributed by atoms with Gasteiger partial charge in [-0.15, -0.1) is 11.3 Å². The number of nitrogens with one attached hydrogen (secondary N) is 2. The molecule has 0 bridgehead atoms. The molecule has 2 N–H and O–H groups in total. The van der Waals surface area contributed by atoms with Gasteiger partial charge in [-0.2, -0.15) is 0 Å². The average Bonchev–Trinajstić information content (AvgIpc) is 2.94. The number of thiazole rings is 1. The molecule has 0 saturated carbocycles. The summed E-state index contributed by atoms with van der Waals surface area (Å²) in [5.74, 6) is 2.23. The maximum atomic E-state index is 5.79. The van der Waals surface area contributed by atoms with Crippen LogP contribution in [-0.2, 0) is 13.0 Å². The number of guanidine groups is 1. The number of aryl methyl sites for hydroxylation is 2. The molecule has 0 aliphatic carbocycles. The second-order valence-corrected chi connectivity index (χ2v) is 7.99. The summed E-state index contributed by atoms with van der Waals surface area (Å²) in [5.41, 5.74) is 2.30. The SMILES string of the molecule is CN=C(NCCc1nc(C)c(C)s1)NCc1cccc(OCC(C)C)c1. The van der Waals surface area contributed by atoms with E-state index in [2.05, 4.69) is 60.4 Å². The summed E-state index contributed by atoms with van der Waals surface area (Å²) in [6.07, 6.45) is 0.901. The summed E-state index contributed by atoms with van der Waals surface area (Å²) >= 11 is 1.77. The number of ether oxygens (including phenoxy) is 1. The monoisotopic (exact) mass is 374 g/mol. The largest absolute Gasteiger partial charge is 0.493 e. The van der Waals surface area contributed by atoms with Crippen LogP contribution in [0.4, 0.5) is 0 Å². The van der Waals surface area contributed by atoms with Crippen molar-refractivity contribution in [2.24, 2.45) is 10.9 Å². The molecule has 142 valence electrons. The fourth-order valence-corrected chi connectivity index (χ4v) is 3.28. The van der Waals surface area contributed by atoms with Gasteiger partial charge in [-0.05, 0) is 37.5 Å². The molecule has 0 spiro atoms. The molecular weight excluding hydrogens is 344 g/mol. The Balaban J connectivity index is 1.78. The maximum absolute atomic E-state index is 5.79. The first-order chi connectivity index (χ1) is 12.5. The van der Waals surface area contributed by atoms with E-state index in [1.165, 1.54) is 10.4 Å². The molecule has 0 radical (unpaired) electrons. The third-order valence-corrected chi connectivity index (χ3v) is 5.00. The van der Waals surface area contributed by atoms with Gasteiger partial charge in [-0.3, -0.25) is 4.99 Å². The van der Waals surface area contributed by atoms with Gasteiger partial charge >= 0.3 is 0 Å². The average molecular weight is 375 g/mol. The first kappa shape index (κ1) is 20.2. The van der Waals surface area contributed by atoms with Gasteiger partial charge in [0, 0.05) is 31.4 Å². The van der Waals surface area contributed by atoms with Gasteiger partial charge in [0.2, 0.25) is 0 Å². The van der Waals surface area contributed by atoms with Crippen molar-refractivity contribution in [2.45, 2.75) is 40.7 Å². The lowest BCUT2D eigenvalue weighted by Crippen LogP contribution is -2.37. The minimum Gasteiger partial charge on any atom is -0.493 e. The second-order valence-electron chi connectivity index (χ2n) is 6.70. The van der Waals surface area contributed by atoms with Crippen molar-refractivity contribution in [1.29, 1.82) is 0 Å². The van der Waals surface area contributed by atoms with Gasteiger partial charge in [-0.1, -0.05) is 26.0 Å². The predicted molar refractivity (Wildman–Crippen MR) is 110 cm³/mol. The topological polar surface area (TPSA) is 58.5 Å². The van der Waals surface area contributed by atoms with Crippen LogP contribution in [0.15, 0.2) is 29.3 Å². The third-order valence-electron chi connectivity index (χ3n) is 3.87. The van der Waals surface area contributed by atoms with Crippen LogP contribution in [0.2, 0.25) is 0 Å². The minimum atomic E-state index is 0.519. The van der Waals surface area contributed by atoms with E-state index in [1.54, 1.807) is 18.4 Å². The lowest BCUT2D eigenvalue weighted by molar-refractivity contribution is 0.271. The molecule has 0 amide bonds. The Morgan fingerprint density at radius 3 is 2.73 bits per heavy atom. The summed E-state index contributed by atoms with van der Waals surface area (Å²) in [6, 6.07) is 8.18. The number of aliphatic imine (C=N–C) groups is 1. The summed E-state index contributed by atoms with van der Waals surface area (Å²) in [6.45, 7) is 10.7. The first-order valence-electron chi connectivity index (χ1n) is 9.07. The third kappa shape index (κ3) is 6.67. The van der Waals surface area contributed by atoms with E-state index in [1.807, 2.05) is 12.1 Å². The van der Waals surface area contributed by atoms with Crippen LogP contribution < -0.4 is 15.4 Å². The molecule has 5 nitrogen and oxygen atoms in total. The van der Waals surface area contributed by atoms with E-state index < -0.39 is 0 Å². The minimum absolute atomic E-state index is 0.519. The Bertz CT molecular complexity index is 705. The Morgan fingerprint density at radius 1 is 1.27 bits per heavy atom. The fourth-order valence-electron chi connectivity index (χ4n) is 2.35. The molecule has 2 rings (SSSR count). The quantitative estimate of drug-likeness (QED) is 0.546. The van der Waals surface area contributed by atoms with Crippen molar-refractivity contribution in [3.05, 3.63) is 45.4 Å². The van der Waals surface area contributed by atoms with Crippen LogP contribution in [-0.4, -0.2) is 31.1 Å². The van der Waals surface area contributed by atoms with E-state index in [0.717, 1.165) is 42.0 Å². The van der Waals surface area contributed by atoms with Crippen LogP contribution in [0.25, 0.3) is 0 Å². The molecule has 0 atom stereocenters. The van der Waals surface area contributed by atoms with Crippen LogP contribution in [0.3, 0.4) is 0 Å². The van der Waals surface area contributed by atoms with Crippen molar-refractivity contribution in [3.63, 3.8) is 0 Å². The molecule has 0 aliphatic heterocycles. The predicted octanol–water partition coefficient (Wildman–Crippen LogP) is 3.70. The second kappa shape index (κ2) is 10.2. The molecule has 1 aromatic carbocycles. The molecule has 6 heteroatoms. The number of benzene rings is 1. The van der Waals surface area contributed by atoms with E-state index in [-0.39, 0.29) is 0 Å². The smallest absolute Gasteiger partial charge is 0.191 e. The highest BCUT2D eigenvalue weighted by atomic mass is 32.1. The Morgan fingerprint density at radius 2 is 2.08 bits per heavy atom. The number of hydrogen-bond acceptors (Lipinski definition) is 4. The van der Waals surface area contributed by atoms with Crippen LogP contribution in [0, 0.1) is 19.8 Å². The fraction of sp³-hybridized carbons (Fsp3) is 0.500. The normalized spacial score (nSPS) is 11.7. The zero-order valence-electron chi connectivity index (χ0n) is 16.4. The van der Waals surface area contributed by atoms with Crippen molar-refractivity contribution < 1.29 is 4.74 Å². The maximum Gasteiger partial charge on any atom is 0.191 e. The number of rotatable bonds is 8. The first-order valence-corrected chi connectivity index (χ1v) is 9.88. The van der Waals surface area contributed by atoms with Crippen LogP contribution >= 0.6 is 11.3 Å². The molecule has 0 fully saturated rings. The van der Waals surface area contributed by atoms with Gasteiger partial charge in [0.05, 0.1) is 17.3 Å². The molecule has 1 aromatic heterocycles. The molecular formula is C20H30N4OS. The van der Waals surface area contributed by atoms with E-state index in [9.17, 15) is 0 Å². The highest BCUT2D eigenvalue weighted by Gasteiger charge is 2.05. The van der Waals surface area contributed by atoms with Crippen LogP contribution in [0.5, 0.6) is 5.75 Å². The standard InChI is InChI=1S/C20H30N4OS/c1-14(2)13-25-18-8-6-7-17(11-18)12-23-20(21-5)22-10-9-19-24-15(3)16(4)26-19/h6-8,11,14H,9-10,12-13H2,1-5H3,(H2,21,22,23). The molecule has 0 aliphatic rings. The molecule has 1 heterocycles. The van der Waals surface area contributed by atoms with Crippen molar-refractivity contribution in [2.75, 3.05) is 20.2 Å². The molecule has 0 saturated heterocycles. The van der Waals surface area contributed by atoms with E-state index in [0.29, 0.717) is 12.5 Å². The number of nitrogens with zero attached hydrogens (tertiary/aromatic N) is 2. The van der Waals surface area contributed by atoms with E-state index >= 15 is 0 Å². The van der Waals surface area contributed by atoms with Crippen LogP contribution in [0.1, 0.15) is 35.0 Å². The molecule has 26 heavy (non-hydrogen) atoms. The van der Waals surface area contributed by atoms with Gasteiger partial charge in [-0.25, -0.2) is 4.98 Å². The van der Waals surface area contributed by atoms with E-state index in [4.69, 9.17) is 4.74 Å². The number of aromatic nitrogens is 1. The van der Waals surface area contributed by atoms with Crippen molar-refractivity contribution >= 4 is 17.3 Å². The van der Waals surface area contributed by atoms with Gasteiger partial charge in [0.1, 0.15) is 5.75 Å². The van der Waals surface area contributed by atoms with Crippen molar-refractivity contribution in [1.82, 2.24) is 15.6 Å². The lowest BCUT2D eigenvalue weighted by atomic mass is 10.2. The van der Waals surface area contributed by atoms with Gasteiger partial charge < -0.3 is 15.4 Å². The summed E-state index contributed by atoms with van der Waals surface area (Å²) in [5, 5.41) is 7.86.